The Bertz CT molecular complexity index is 944. The van der Waals surface area contributed by atoms with Gasteiger partial charge in [0.1, 0.15) is 4.21 Å². The Kier molecular flexibility index (Phi) is 6.81. The molecule has 1 fully saturated rings. The quantitative estimate of drug-likeness (QED) is 0.664. The molecular weight excluding hydrogens is 412 g/mol. The second-order valence-corrected chi connectivity index (χ2v) is 10.1. The zero-order chi connectivity index (χ0) is 21.0. The van der Waals surface area contributed by atoms with E-state index in [1.807, 2.05) is 18.2 Å². The third-order valence-electron chi connectivity index (χ3n) is 5.07. The summed E-state index contributed by atoms with van der Waals surface area (Å²) in [5.74, 6) is 0.846. The van der Waals surface area contributed by atoms with Crippen molar-refractivity contribution in [1.29, 1.82) is 0 Å². The molecule has 0 aliphatic carbocycles. The molecule has 1 atom stereocenters. The molecule has 0 bridgehead atoms. The second-order valence-electron chi connectivity index (χ2n) is 7.02. The topological polar surface area (TPSA) is 76.2 Å². The van der Waals surface area contributed by atoms with Crippen molar-refractivity contribution < 1.29 is 22.7 Å². The molecule has 7 nitrogen and oxygen atoms in total. The summed E-state index contributed by atoms with van der Waals surface area (Å²) in [6.07, 6.45) is 1.36. The maximum atomic E-state index is 13.0. The third-order valence-corrected chi connectivity index (χ3v) is 8.30. The van der Waals surface area contributed by atoms with Gasteiger partial charge in [0, 0.05) is 26.7 Å². The molecule has 0 radical (unpaired) electrons. The normalized spacial score (nSPS) is 17.7. The molecule has 1 saturated heterocycles. The third kappa shape index (κ3) is 4.73. The van der Waals surface area contributed by atoms with Crippen molar-refractivity contribution in [3.05, 3.63) is 41.3 Å². The fourth-order valence-electron chi connectivity index (χ4n) is 3.54. The lowest BCUT2D eigenvalue weighted by atomic mass is 9.98. The average Bonchev–Trinajstić information content (AvgIpc) is 3.29. The Balaban J connectivity index is 1.68. The first-order chi connectivity index (χ1) is 13.9. The minimum Gasteiger partial charge on any atom is -0.493 e. The summed E-state index contributed by atoms with van der Waals surface area (Å²) < 4.78 is 37.9. The van der Waals surface area contributed by atoms with Crippen molar-refractivity contribution in [3.8, 4) is 11.5 Å². The molecule has 0 N–H and O–H groups in total. The van der Waals surface area contributed by atoms with Gasteiger partial charge in [0.25, 0.3) is 10.0 Å². The van der Waals surface area contributed by atoms with Gasteiger partial charge >= 0.3 is 0 Å². The molecule has 29 heavy (non-hydrogen) atoms. The monoisotopic (exact) mass is 438 g/mol. The van der Waals surface area contributed by atoms with E-state index in [4.69, 9.17) is 9.47 Å². The SMILES string of the molecule is COc1ccc(CN(C)C(=O)C2CCCN(S(=O)(=O)c3cccs3)C2)cc1OC. The Morgan fingerprint density at radius 3 is 2.66 bits per heavy atom. The zero-order valence-corrected chi connectivity index (χ0v) is 18.5. The summed E-state index contributed by atoms with van der Waals surface area (Å²) >= 11 is 1.20. The number of carbonyl (C=O) groups excluding carboxylic acids is 1. The molecule has 1 aromatic carbocycles. The molecule has 1 amide bonds. The maximum absolute atomic E-state index is 13.0. The second kappa shape index (κ2) is 9.15. The van der Waals surface area contributed by atoms with Gasteiger partial charge in [0.15, 0.2) is 11.5 Å². The number of hydrogen-bond acceptors (Lipinski definition) is 6. The summed E-state index contributed by atoms with van der Waals surface area (Å²) in [6.45, 7) is 1.08. The van der Waals surface area contributed by atoms with Crippen molar-refractivity contribution in [2.75, 3.05) is 34.4 Å². The summed E-state index contributed by atoms with van der Waals surface area (Å²) in [5.41, 5.74) is 0.914. The molecule has 158 valence electrons. The van der Waals surface area contributed by atoms with Crippen molar-refractivity contribution in [1.82, 2.24) is 9.21 Å². The van der Waals surface area contributed by atoms with E-state index in [1.165, 1.54) is 15.6 Å². The number of amides is 1. The first kappa shape index (κ1) is 21.6. The van der Waals surface area contributed by atoms with Crippen molar-refractivity contribution in [2.24, 2.45) is 5.92 Å². The van der Waals surface area contributed by atoms with Crippen molar-refractivity contribution >= 4 is 27.3 Å². The molecule has 1 unspecified atom stereocenters. The maximum Gasteiger partial charge on any atom is 0.252 e. The number of thiophene rings is 1. The highest BCUT2D eigenvalue weighted by atomic mass is 32.2. The Morgan fingerprint density at radius 2 is 2.00 bits per heavy atom. The standard InChI is InChI=1S/C20H26N2O5S2/c1-21(13-15-8-9-17(26-2)18(12-15)27-3)20(23)16-6-4-10-22(14-16)29(24,25)19-7-5-11-28-19/h5,7-9,11-12,16H,4,6,10,13-14H2,1-3H3. The fraction of sp³-hybridized carbons (Fsp3) is 0.450. The average molecular weight is 439 g/mol. The highest BCUT2D eigenvalue weighted by molar-refractivity contribution is 7.91. The van der Waals surface area contributed by atoms with Crippen LogP contribution in [0.15, 0.2) is 39.9 Å². The Labute approximate surface area is 175 Å². The lowest BCUT2D eigenvalue weighted by molar-refractivity contribution is -0.135. The largest absolute Gasteiger partial charge is 0.493 e. The van der Waals surface area contributed by atoms with Gasteiger partial charge in [-0.15, -0.1) is 11.3 Å². The van der Waals surface area contributed by atoms with Crippen molar-refractivity contribution in [3.63, 3.8) is 0 Å². The van der Waals surface area contributed by atoms with Crippen LogP contribution in [0.3, 0.4) is 0 Å². The van der Waals surface area contributed by atoms with Crippen LogP contribution in [0.5, 0.6) is 11.5 Å². The van der Waals surface area contributed by atoms with E-state index in [1.54, 1.807) is 43.7 Å². The number of hydrogen-bond donors (Lipinski definition) is 0. The molecule has 9 heteroatoms. The number of ether oxygens (including phenoxy) is 2. The molecule has 0 saturated carbocycles. The van der Waals surface area contributed by atoms with Gasteiger partial charge in [-0.25, -0.2) is 8.42 Å². The van der Waals surface area contributed by atoms with Gasteiger partial charge in [0.2, 0.25) is 5.91 Å². The summed E-state index contributed by atoms with van der Waals surface area (Å²) in [5, 5.41) is 1.75. The summed E-state index contributed by atoms with van der Waals surface area (Å²) in [4.78, 5) is 14.6. The van der Waals surface area contributed by atoms with E-state index >= 15 is 0 Å². The van der Waals surface area contributed by atoms with Crippen LogP contribution >= 0.6 is 11.3 Å². The highest BCUT2D eigenvalue weighted by Crippen LogP contribution is 2.29. The molecule has 2 aromatic rings. The van der Waals surface area contributed by atoms with E-state index in [2.05, 4.69) is 0 Å². The van der Waals surface area contributed by atoms with Crippen LogP contribution in [0, 0.1) is 5.92 Å². The Morgan fingerprint density at radius 1 is 1.24 bits per heavy atom. The van der Waals surface area contributed by atoms with Gasteiger partial charge in [-0.3, -0.25) is 4.79 Å². The Hall–Kier alpha value is -2.10. The van der Waals surface area contributed by atoms with E-state index in [0.717, 1.165) is 5.56 Å². The van der Waals surface area contributed by atoms with E-state index in [9.17, 15) is 13.2 Å². The summed E-state index contributed by atoms with van der Waals surface area (Å²) in [7, 11) is 1.35. The van der Waals surface area contributed by atoms with E-state index < -0.39 is 10.0 Å². The zero-order valence-electron chi connectivity index (χ0n) is 16.8. The number of piperidine rings is 1. The van der Waals surface area contributed by atoms with Gasteiger partial charge in [0.05, 0.1) is 20.1 Å². The smallest absolute Gasteiger partial charge is 0.252 e. The fourth-order valence-corrected chi connectivity index (χ4v) is 6.21. The van der Waals surface area contributed by atoms with Crippen LogP contribution in [-0.4, -0.2) is 57.9 Å². The minimum absolute atomic E-state index is 0.0501. The first-order valence-electron chi connectivity index (χ1n) is 9.36. The number of sulfonamides is 1. The summed E-state index contributed by atoms with van der Waals surface area (Å²) in [6, 6.07) is 8.87. The predicted molar refractivity (Wildman–Crippen MR) is 112 cm³/mol. The minimum atomic E-state index is -3.54. The molecule has 1 aliphatic rings. The van der Waals surface area contributed by atoms with Crippen LogP contribution < -0.4 is 9.47 Å². The number of methoxy groups -OCH3 is 2. The predicted octanol–water partition coefficient (Wildman–Crippen LogP) is 2.82. The van der Waals surface area contributed by atoms with Crippen molar-refractivity contribution in [2.45, 2.75) is 23.6 Å². The van der Waals surface area contributed by atoms with E-state index in [-0.39, 0.29) is 18.4 Å². The molecule has 0 spiro atoms. The highest BCUT2D eigenvalue weighted by Gasteiger charge is 2.34. The van der Waals surface area contributed by atoms with Gasteiger partial charge in [-0.2, -0.15) is 4.31 Å². The van der Waals surface area contributed by atoms with Crippen LogP contribution in [-0.2, 0) is 21.4 Å². The molecule has 2 heterocycles. The molecule has 3 rings (SSSR count). The first-order valence-corrected chi connectivity index (χ1v) is 11.7. The number of rotatable bonds is 7. The number of nitrogens with zero attached hydrogens (tertiary/aromatic N) is 2. The van der Waals surface area contributed by atoms with E-state index in [0.29, 0.717) is 41.6 Å². The lowest BCUT2D eigenvalue weighted by Gasteiger charge is -2.33. The van der Waals surface area contributed by atoms with Gasteiger partial charge in [-0.1, -0.05) is 12.1 Å². The van der Waals surface area contributed by atoms with Gasteiger partial charge in [-0.05, 0) is 42.0 Å². The molecule has 1 aromatic heterocycles. The van der Waals surface area contributed by atoms with Crippen LogP contribution in [0.2, 0.25) is 0 Å². The lowest BCUT2D eigenvalue weighted by Crippen LogP contribution is -2.45. The number of benzene rings is 1. The molecule has 1 aliphatic heterocycles. The number of carbonyl (C=O) groups is 1. The molecular formula is C20H26N2O5S2. The van der Waals surface area contributed by atoms with Crippen LogP contribution in [0.4, 0.5) is 0 Å². The van der Waals surface area contributed by atoms with Crippen LogP contribution in [0.25, 0.3) is 0 Å². The van der Waals surface area contributed by atoms with Gasteiger partial charge < -0.3 is 14.4 Å². The van der Waals surface area contributed by atoms with Crippen LogP contribution in [0.1, 0.15) is 18.4 Å².